The number of halogens is 6. The molecule has 1 amide bonds. The third-order valence-corrected chi connectivity index (χ3v) is 7.75. The number of carbonyl (C=O) groups is 1. The summed E-state index contributed by atoms with van der Waals surface area (Å²) in [6.07, 6.45) is -5.52. The van der Waals surface area contributed by atoms with Gasteiger partial charge in [0.1, 0.15) is 24.7 Å². The van der Waals surface area contributed by atoms with Gasteiger partial charge in [-0.25, -0.2) is 9.59 Å². The van der Waals surface area contributed by atoms with Crippen molar-refractivity contribution in [2.75, 3.05) is 26.3 Å². The summed E-state index contributed by atoms with van der Waals surface area (Å²) in [6, 6.07) is 12.5. The molecule has 0 aliphatic rings. The number of hydrogen-bond acceptors (Lipinski definition) is 12. The van der Waals surface area contributed by atoms with E-state index in [-0.39, 0.29) is 56.7 Å². The number of ether oxygens (including phenoxy) is 2. The smallest absolute Gasteiger partial charge is 0.439 e. The molecule has 0 fully saturated rings. The Balaban J connectivity index is 0.000000219. The van der Waals surface area contributed by atoms with E-state index in [1.54, 1.807) is 12.1 Å². The summed E-state index contributed by atoms with van der Waals surface area (Å²) in [5, 5.41) is 9.92. The van der Waals surface area contributed by atoms with E-state index in [1.807, 2.05) is 0 Å². The van der Waals surface area contributed by atoms with Gasteiger partial charge in [-0.2, -0.15) is 26.3 Å². The monoisotopic (exact) mass is 802 g/mol. The largest absolute Gasteiger partial charge is 0.491 e. The Bertz CT molecular complexity index is 2370. The summed E-state index contributed by atoms with van der Waals surface area (Å²) in [5.41, 5.74) is 6.72. The van der Waals surface area contributed by atoms with E-state index in [4.69, 9.17) is 15.2 Å². The Morgan fingerprint density at radius 2 is 1.12 bits per heavy atom. The highest BCUT2D eigenvalue weighted by molar-refractivity contribution is 5.72. The van der Waals surface area contributed by atoms with Gasteiger partial charge in [-0.15, -0.1) is 0 Å². The van der Waals surface area contributed by atoms with Crippen molar-refractivity contribution >= 4 is 5.91 Å². The van der Waals surface area contributed by atoms with Crippen LogP contribution in [0.5, 0.6) is 11.5 Å². The zero-order valence-corrected chi connectivity index (χ0v) is 29.7. The SMILES string of the molecule is CC(=O)NCCOc1ccnc(Cc2ccc(C(F)(F)F)cc2)c1-c1noc(=O)[nH]1.NCCOc1ccnc(Cc2ccc(C(F)(F)F)cc2)c1-c1noc(=O)[nH]1. The maximum atomic E-state index is 12.8. The van der Waals surface area contributed by atoms with Crippen LogP contribution in [0.25, 0.3) is 22.8 Å². The first-order chi connectivity index (χ1) is 27.1. The van der Waals surface area contributed by atoms with Crippen molar-refractivity contribution in [2.24, 2.45) is 5.73 Å². The fourth-order valence-electron chi connectivity index (χ4n) is 5.23. The molecule has 57 heavy (non-hydrogen) atoms. The third-order valence-electron chi connectivity index (χ3n) is 7.75. The topological polar surface area (TPSA) is 217 Å². The van der Waals surface area contributed by atoms with Crippen LogP contribution in [0.1, 0.15) is 40.6 Å². The second kappa shape index (κ2) is 18.2. The molecule has 0 radical (unpaired) electrons. The molecular weight excluding hydrogens is 770 g/mol. The van der Waals surface area contributed by atoms with E-state index < -0.39 is 35.0 Å². The van der Waals surface area contributed by atoms with Gasteiger partial charge in [-0.3, -0.25) is 33.8 Å². The summed E-state index contributed by atoms with van der Waals surface area (Å²) in [7, 11) is 0. The Labute approximate surface area is 317 Å². The fraction of sp³-hybridized carbons (Fsp3) is 0.250. The van der Waals surface area contributed by atoms with Crippen LogP contribution < -0.4 is 32.0 Å². The molecule has 0 saturated heterocycles. The van der Waals surface area contributed by atoms with Crippen LogP contribution in [0.4, 0.5) is 26.3 Å². The molecule has 300 valence electrons. The van der Waals surface area contributed by atoms with Crippen molar-refractivity contribution in [3.8, 4) is 34.3 Å². The number of hydrogen-bond donors (Lipinski definition) is 4. The van der Waals surface area contributed by atoms with Crippen molar-refractivity contribution in [2.45, 2.75) is 32.1 Å². The number of amides is 1. The highest BCUT2D eigenvalue weighted by Gasteiger charge is 2.31. The predicted octanol–water partition coefficient (Wildman–Crippen LogP) is 4.92. The van der Waals surface area contributed by atoms with Crippen LogP contribution in [-0.2, 0) is 30.0 Å². The maximum Gasteiger partial charge on any atom is 0.439 e. The van der Waals surface area contributed by atoms with Crippen LogP contribution in [-0.4, -0.2) is 62.5 Å². The average Bonchev–Trinajstić information content (AvgIpc) is 3.80. The molecule has 0 spiro atoms. The molecular formula is C36H32F6N8O7. The van der Waals surface area contributed by atoms with Gasteiger partial charge in [-0.05, 0) is 47.5 Å². The van der Waals surface area contributed by atoms with Gasteiger partial charge >= 0.3 is 23.9 Å². The van der Waals surface area contributed by atoms with Crippen molar-refractivity contribution < 1.29 is 49.7 Å². The van der Waals surface area contributed by atoms with Gasteiger partial charge in [0, 0.05) is 38.7 Å². The Morgan fingerprint density at radius 1 is 0.702 bits per heavy atom. The quantitative estimate of drug-likeness (QED) is 0.0904. The van der Waals surface area contributed by atoms with Crippen LogP contribution >= 0.6 is 0 Å². The summed E-state index contributed by atoms with van der Waals surface area (Å²) >= 11 is 0. The second-order valence-corrected chi connectivity index (χ2v) is 11.9. The Hall–Kier alpha value is -6.77. The number of alkyl halides is 6. The number of nitrogens with one attached hydrogen (secondary N) is 3. The molecule has 15 nitrogen and oxygen atoms in total. The summed E-state index contributed by atoms with van der Waals surface area (Å²) in [5.74, 6) is -0.856. The number of rotatable bonds is 13. The van der Waals surface area contributed by atoms with Gasteiger partial charge in [0.15, 0.2) is 11.6 Å². The lowest BCUT2D eigenvalue weighted by Gasteiger charge is -2.14. The van der Waals surface area contributed by atoms with E-state index in [2.05, 4.69) is 44.6 Å². The lowest BCUT2D eigenvalue weighted by molar-refractivity contribution is -0.138. The van der Waals surface area contributed by atoms with E-state index in [1.165, 1.54) is 43.6 Å². The molecule has 21 heteroatoms. The van der Waals surface area contributed by atoms with Crippen molar-refractivity contribution in [3.05, 3.63) is 128 Å². The molecule has 6 rings (SSSR count). The molecule has 0 aliphatic heterocycles. The number of nitrogens with two attached hydrogens (primary N) is 1. The van der Waals surface area contributed by atoms with Crippen LogP contribution in [0, 0.1) is 0 Å². The first kappa shape index (κ1) is 41.4. The van der Waals surface area contributed by atoms with Crippen LogP contribution in [0.2, 0.25) is 0 Å². The molecule has 0 aliphatic carbocycles. The third kappa shape index (κ3) is 11.4. The standard InChI is InChI=1S/C19H17F3N4O4.C17H15F3N4O3/c1-11(27)23-8-9-29-15-6-7-24-14(16(15)17-25-18(28)30-26-17)10-12-2-4-13(5-3-12)19(20,21)22;18-17(19,20)11-3-1-10(2-4-11)9-12-14(15-23-16(25)27-24-15)13(5-7-22-12)26-8-6-21/h2-7H,8-10H2,1H3,(H,23,27)(H,25,26,28);1-5,7H,6,8-9,21H2,(H,23,24,25). The van der Waals surface area contributed by atoms with Gasteiger partial charge in [0.05, 0.1) is 40.2 Å². The van der Waals surface area contributed by atoms with E-state index in [9.17, 15) is 40.7 Å². The molecule has 0 bridgehead atoms. The Morgan fingerprint density at radius 3 is 1.47 bits per heavy atom. The highest BCUT2D eigenvalue weighted by Crippen LogP contribution is 2.34. The maximum absolute atomic E-state index is 12.8. The lowest BCUT2D eigenvalue weighted by atomic mass is 10.0. The van der Waals surface area contributed by atoms with Gasteiger partial charge in [-0.1, -0.05) is 34.6 Å². The number of carbonyl (C=O) groups excluding carboxylic acids is 1. The zero-order chi connectivity index (χ0) is 41.2. The minimum absolute atomic E-state index is 0.0736. The molecule has 2 aromatic carbocycles. The number of pyridine rings is 2. The van der Waals surface area contributed by atoms with Crippen molar-refractivity contribution in [3.63, 3.8) is 0 Å². The Kier molecular flexibility index (Phi) is 13.2. The normalized spacial score (nSPS) is 11.4. The molecule has 6 aromatic rings. The number of nitrogens with zero attached hydrogens (tertiary/aromatic N) is 4. The van der Waals surface area contributed by atoms with Gasteiger partial charge in [0.25, 0.3) is 0 Å². The van der Waals surface area contributed by atoms with Gasteiger partial charge < -0.3 is 20.5 Å². The van der Waals surface area contributed by atoms with Gasteiger partial charge in [0.2, 0.25) is 5.91 Å². The number of H-pyrrole nitrogens is 2. The van der Waals surface area contributed by atoms with Crippen molar-refractivity contribution in [1.82, 2.24) is 35.6 Å². The summed E-state index contributed by atoms with van der Waals surface area (Å²) in [6.45, 7) is 2.25. The van der Waals surface area contributed by atoms with E-state index in [0.29, 0.717) is 45.1 Å². The van der Waals surface area contributed by atoms with E-state index >= 15 is 0 Å². The molecule has 0 saturated carbocycles. The predicted molar refractivity (Wildman–Crippen MR) is 188 cm³/mol. The summed E-state index contributed by atoms with van der Waals surface area (Å²) < 4.78 is 96.8. The lowest BCUT2D eigenvalue weighted by Crippen LogP contribution is -2.25. The zero-order valence-electron chi connectivity index (χ0n) is 29.7. The first-order valence-electron chi connectivity index (χ1n) is 16.7. The highest BCUT2D eigenvalue weighted by atomic mass is 19.4. The number of benzene rings is 2. The molecule has 5 N–H and O–H groups in total. The van der Waals surface area contributed by atoms with E-state index in [0.717, 1.165) is 24.3 Å². The first-order valence-corrected chi connectivity index (χ1v) is 16.7. The minimum Gasteiger partial charge on any atom is -0.491 e. The molecule has 0 unspecified atom stereocenters. The van der Waals surface area contributed by atoms with Crippen LogP contribution in [0.15, 0.2) is 91.7 Å². The second-order valence-electron chi connectivity index (χ2n) is 11.9. The molecule has 4 aromatic heterocycles. The number of aromatic amines is 2. The average molecular weight is 803 g/mol. The summed E-state index contributed by atoms with van der Waals surface area (Å²) in [4.78, 5) is 47.1. The molecule has 0 atom stereocenters. The number of aromatic nitrogens is 6. The van der Waals surface area contributed by atoms with Crippen molar-refractivity contribution in [1.29, 1.82) is 0 Å². The molecule has 4 heterocycles. The fourth-order valence-corrected chi connectivity index (χ4v) is 5.23. The van der Waals surface area contributed by atoms with Crippen LogP contribution in [0.3, 0.4) is 0 Å². The minimum atomic E-state index is -4.43.